The van der Waals surface area contributed by atoms with Crippen molar-refractivity contribution >= 4 is 21.6 Å². The van der Waals surface area contributed by atoms with Crippen molar-refractivity contribution in [3.05, 3.63) is 18.2 Å². The number of carbonyl (C=O) groups is 1. The second-order valence-electron chi connectivity index (χ2n) is 5.69. The molecule has 23 heavy (non-hydrogen) atoms. The Hall–Kier alpha value is -1.68. The lowest BCUT2D eigenvalue weighted by atomic mass is 10.1. The maximum Gasteiger partial charge on any atom is 0.268 e. The molecule has 0 radical (unpaired) electrons. The van der Waals surface area contributed by atoms with Gasteiger partial charge in [0.2, 0.25) is 10.0 Å². The van der Waals surface area contributed by atoms with Gasteiger partial charge in [-0.15, -0.1) is 0 Å². The van der Waals surface area contributed by atoms with E-state index in [4.69, 9.17) is 9.47 Å². The fraction of sp³-hybridized carbons (Fsp3) is 0.500. The number of nitrogens with one attached hydrogen (secondary N) is 2. The quantitative estimate of drug-likeness (QED) is 0.673. The summed E-state index contributed by atoms with van der Waals surface area (Å²) >= 11 is 0. The number of hydrogen-bond donors (Lipinski definition) is 3. The molecule has 0 spiro atoms. The van der Waals surface area contributed by atoms with E-state index in [0.717, 1.165) is 0 Å². The number of aliphatic hydroxyl groups is 1. The number of amides is 1. The molecule has 9 heteroatoms. The maximum atomic E-state index is 12.2. The van der Waals surface area contributed by atoms with Crippen LogP contribution < -0.4 is 14.8 Å². The number of fused-ring (bicyclic) bond motifs is 1. The van der Waals surface area contributed by atoms with Gasteiger partial charge in [0, 0.05) is 13.7 Å². The van der Waals surface area contributed by atoms with Gasteiger partial charge in [-0.1, -0.05) is 0 Å². The minimum absolute atomic E-state index is 0.0195. The zero-order chi connectivity index (χ0) is 17.3. The van der Waals surface area contributed by atoms with E-state index in [2.05, 4.69) is 10.0 Å². The largest absolute Gasteiger partial charge is 0.476 e. The number of hydrogen-bond acceptors (Lipinski definition) is 6. The van der Waals surface area contributed by atoms with Crippen molar-refractivity contribution in [2.75, 3.05) is 25.6 Å². The second-order valence-corrected chi connectivity index (χ2v) is 7.45. The highest BCUT2D eigenvalue weighted by Gasteiger charge is 2.35. The summed E-state index contributed by atoms with van der Waals surface area (Å²) in [5.41, 5.74) is -0.731. The molecule has 2 rings (SSSR count). The number of carbonyl (C=O) groups excluding carboxylic acids is 1. The van der Waals surface area contributed by atoms with Crippen LogP contribution in [0.2, 0.25) is 0 Å². The first-order valence-corrected chi connectivity index (χ1v) is 8.45. The Labute approximate surface area is 134 Å². The van der Waals surface area contributed by atoms with Crippen LogP contribution in [-0.4, -0.2) is 51.4 Å². The first kappa shape index (κ1) is 17.7. The van der Waals surface area contributed by atoms with E-state index < -0.39 is 21.7 Å². The van der Waals surface area contributed by atoms with Crippen LogP contribution in [0.5, 0.6) is 5.75 Å². The molecular weight excluding hydrogens is 324 g/mol. The third kappa shape index (κ3) is 3.99. The minimum Gasteiger partial charge on any atom is -0.476 e. The summed E-state index contributed by atoms with van der Waals surface area (Å²) in [4.78, 5) is 11.8. The number of aliphatic hydroxyl groups excluding tert-OH is 1. The lowest BCUT2D eigenvalue weighted by Gasteiger charge is -2.31. The highest BCUT2D eigenvalue weighted by Crippen LogP contribution is 2.35. The number of rotatable bonds is 6. The van der Waals surface area contributed by atoms with Gasteiger partial charge in [0.05, 0.1) is 23.3 Å². The fourth-order valence-corrected chi connectivity index (χ4v) is 3.10. The van der Waals surface area contributed by atoms with E-state index in [1.165, 1.54) is 25.3 Å². The molecule has 1 heterocycles. The standard InChI is InChI=1S/C14H20N2O6S/c1-14(2)13(18)16-11-6-10(4-5-12(11)22-14)23(19,20)15-7-9(17)8-21-3/h4-6,9,15,17H,7-8H2,1-3H3,(H,16,18)/t9-/m0/s1. The molecule has 1 aromatic carbocycles. The average Bonchev–Trinajstić information content (AvgIpc) is 2.46. The van der Waals surface area contributed by atoms with Gasteiger partial charge in [0.1, 0.15) is 5.75 Å². The first-order chi connectivity index (χ1) is 10.7. The summed E-state index contributed by atoms with van der Waals surface area (Å²) in [7, 11) is -2.42. The van der Waals surface area contributed by atoms with Gasteiger partial charge in [0.15, 0.2) is 5.60 Å². The van der Waals surface area contributed by atoms with E-state index in [1.807, 2.05) is 0 Å². The van der Waals surface area contributed by atoms with E-state index in [0.29, 0.717) is 5.75 Å². The number of ether oxygens (including phenoxy) is 2. The molecule has 1 aromatic rings. The van der Waals surface area contributed by atoms with Crippen LogP contribution in [0.1, 0.15) is 13.8 Å². The number of benzene rings is 1. The van der Waals surface area contributed by atoms with Crippen LogP contribution in [0.15, 0.2) is 23.1 Å². The molecule has 1 amide bonds. The molecule has 1 aliphatic rings. The van der Waals surface area contributed by atoms with Crippen molar-refractivity contribution in [3.63, 3.8) is 0 Å². The molecule has 8 nitrogen and oxygen atoms in total. The minimum atomic E-state index is -3.83. The molecule has 0 aromatic heterocycles. The highest BCUT2D eigenvalue weighted by molar-refractivity contribution is 7.89. The van der Waals surface area contributed by atoms with Crippen LogP contribution in [0.25, 0.3) is 0 Å². The Morgan fingerprint density at radius 2 is 2.13 bits per heavy atom. The van der Waals surface area contributed by atoms with Crippen LogP contribution in [0, 0.1) is 0 Å². The van der Waals surface area contributed by atoms with Gasteiger partial charge in [-0.2, -0.15) is 0 Å². The van der Waals surface area contributed by atoms with Gasteiger partial charge in [-0.25, -0.2) is 13.1 Å². The zero-order valence-electron chi connectivity index (χ0n) is 13.1. The topological polar surface area (TPSA) is 114 Å². The maximum absolute atomic E-state index is 12.2. The summed E-state index contributed by atoms with van der Waals surface area (Å²) in [6, 6.07) is 4.17. The van der Waals surface area contributed by atoms with Crippen molar-refractivity contribution in [2.24, 2.45) is 0 Å². The van der Waals surface area contributed by atoms with Gasteiger partial charge in [-0.3, -0.25) is 4.79 Å². The summed E-state index contributed by atoms with van der Waals surface area (Å²) < 4.78 is 37.0. The molecule has 0 fully saturated rings. The van der Waals surface area contributed by atoms with Crippen LogP contribution in [-0.2, 0) is 19.6 Å². The molecule has 0 aliphatic carbocycles. The normalized spacial score (nSPS) is 17.8. The molecule has 3 N–H and O–H groups in total. The summed E-state index contributed by atoms with van der Waals surface area (Å²) in [5, 5.41) is 12.1. The monoisotopic (exact) mass is 344 g/mol. The van der Waals surface area contributed by atoms with E-state index in [-0.39, 0.29) is 29.6 Å². The van der Waals surface area contributed by atoms with Gasteiger partial charge < -0.3 is 19.9 Å². The first-order valence-electron chi connectivity index (χ1n) is 6.97. The second kappa shape index (κ2) is 6.44. The average molecular weight is 344 g/mol. The molecule has 1 aliphatic heterocycles. The van der Waals surface area contributed by atoms with Crippen LogP contribution in [0.3, 0.4) is 0 Å². The van der Waals surface area contributed by atoms with Crippen molar-refractivity contribution in [2.45, 2.75) is 30.4 Å². The van der Waals surface area contributed by atoms with Gasteiger partial charge in [-0.05, 0) is 32.0 Å². The van der Waals surface area contributed by atoms with Gasteiger partial charge in [0.25, 0.3) is 5.91 Å². The fourth-order valence-electron chi connectivity index (χ4n) is 2.00. The number of sulfonamides is 1. The number of methoxy groups -OCH3 is 1. The van der Waals surface area contributed by atoms with Gasteiger partial charge >= 0.3 is 0 Å². The van der Waals surface area contributed by atoms with Crippen LogP contribution in [0.4, 0.5) is 5.69 Å². The summed E-state index contributed by atoms with van der Waals surface area (Å²) in [6.07, 6.45) is -0.948. The molecule has 0 saturated carbocycles. The molecule has 0 bridgehead atoms. The van der Waals surface area contributed by atoms with Crippen molar-refractivity contribution in [1.82, 2.24) is 4.72 Å². The third-order valence-electron chi connectivity index (χ3n) is 3.29. The summed E-state index contributed by atoms with van der Waals surface area (Å²) in [6.45, 7) is 3.08. The molecule has 1 atom stereocenters. The SMILES string of the molecule is COC[C@@H](O)CNS(=O)(=O)c1ccc2c(c1)NC(=O)C(C)(C)O2. The Bertz CT molecular complexity index is 701. The summed E-state index contributed by atoms with van der Waals surface area (Å²) in [5.74, 6) is 0.0380. The molecule has 0 saturated heterocycles. The van der Waals surface area contributed by atoms with Crippen molar-refractivity contribution in [1.29, 1.82) is 0 Å². The number of anilines is 1. The highest BCUT2D eigenvalue weighted by atomic mass is 32.2. The Morgan fingerprint density at radius 3 is 2.78 bits per heavy atom. The van der Waals surface area contributed by atoms with E-state index in [9.17, 15) is 18.3 Å². The van der Waals surface area contributed by atoms with Crippen molar-refractivity contribution in [3.8, 4) is 5.75 Å². The Kier molecular flexibility index (Phi) is 4.95. The Balaban J connectivity index is 2.19. The third-order valence-corrected chi connectivity index (χ3v) is 4.71. The lowest BCUT2D eigenvalue weighted by molar-refractivity contribution is -0.129. The lowest BCUT2D eigenvalue weighted by Crippen LogP contribution is -2.45. The van der Waals surface area contributed by atoms with E-state index in [1.54, 1.807) is 13.8 Å². The van der Waals surface area contributed by atoms with Crippen molar-refractivity contribution < 1.29 is 27.8 Å². The zero-order valence-corrected chi connectivity index (χ0v) is 13.9. The molecular formula is C14H20N2O6S. The molecule has 0 unspecified atom stereocenters. The smallest absolute Gasteiger partial charge is 0.268 e. The molecule has 128 valence electrons. The predicted octanol–water partition coefficient (Wildman–Crippen LogP) is 0.0817. The Morgan fingerprint density at radius 1 is 1.43 bits per heavy atom. The van der Waals surface area contributed by atoms with Crippen LogP contribution >= 0.6 is 0 Å². The van der Waals surface area contributed by atoms with E-state index >= 15 is 0 Å². The predicted molar refractivity (Wildman–Crippen MR) is 82.9 cm³/mol.